The first-order valence-electron chi connectivity index (χ1n) is 5.35. The van der Waals surface area contributed by atoms with Crippen molar-refractivity contribution in [2.45, 2.75) is 12.5 Å². The lowest BCUT2D eigenvalue weighted by Crippen LogP contribution is -2.16. The van der Waals surface area contributed by atoms with Gasteiger partial charge in [0.15, 0.2) is 0 Å². The first kappa shape index (κ1) is 9.28. The van der Waals surface area contributed by atoms with Crippen molar-refractivity contribution in [2.24, 2.45) is 5.11 Å². The van der Waals surface area contributed by atoms with E-state index >= 15 is 0 Å². The summed E-state index contributed by atoms with van der Waals surface area (Å²) in [5.74, 6) is 0. The Morgan fingerprint density at radius 2 is 1.31 bits per heavy atom. The van der Waals surface area contributed by atoms with Crippen LogP contribution in [0.1, 0.15) is 18.1 Å². The van der Waals surface area contributed by atoms with Crippen molar-refractivity contribution in [3.05, 3.63) is 59.7 Å². The molecule has 16 heavy (non-hydrogen) atoms. The predicted molar refractivity (Wildman–Crippen MR) is 63.5 cm³/mol. The molecule has 0 spiro atoms. The van der Waals surface area contributed by atoms with Gasteiger partial charge in [-0.2, -0.15) is 5.11 Å². The number of fused-ring (bicyclic) bond motifs is 3. The topological polar surface area (TPSA) is 36.2 Å². The van der Waals surface area contributed by atoms with Crippen molar-refractivity contribution < 1.29 is 0 Å². The van der Waals surface area contributed by atoms with Crippen molar-refractivity contribution in [2.75, 3.05) is 0 Å². The number of nitrogens with zero attached hydrogens (tertiary/aromatic N) is 1. The lowest BCUT2D eigenvalue weighted by molar-refractivity contribution is 0.569. The second-order valence-electron chi connectivity index (χ2n) is 4.28. The summed E-state index contributed by atoms with van der Waals surface area (Å²) in [7, 11) is 0. The number of rotatable bonds is 1. The third kappa shape index (κ3) is 0.963. The summed E-state index contributed by atoms with van der Waals surface area (Å²) in [4.78, 5) is 0. The van der Waals surface area contributed by atoms with Crippen molar-refractivity contribution in [3.63, 3.8) is 0 Å². The van der Waals surface area contributed by atoms with Crippen LogP contribution < -0.4 is 0 Å². The molecule has 0 amide bonds. The zero-order valence-electron chi connectivity index (χ0n) is 9.07. The summed E-state index contributed by atoms with van der Waals surface area (Å²) in [5, 5.41) is 3.85. The van der Waals surface area contributed by atoms with Crippen LogP contribution >= 0.6 is 0 Å². The molecule has 78 valence electrons. The normalized spacial score (nSPS) is 15.3. The van der Waals surface area contributed by atoms with Gasteiger partial charge < -0.3 is 0 Å². The monoisotopic (exact) mass is 208 g/mol. The van der Waals surface area contributed by atoms with Crippen LogP contribution in [0.4, 0.5) is 0 Å². The largest absolute Gasteiger partial charge is 0.209 e. The fourth-order valence-corrected chi connectivity index (χ4v) is 2.55. The minimum absolute atomic E-state index is 0.507. The zero-order valence-corrected chi connectivity index (χ0v) is 9.07. The fourth-order valence-electron chi connectivity index (χ4n) is 2.55. The van der Waals surface area contributed by atoms with E-state index in [2.05, 4.69) is 29.4 Å². The molecule has 3 rings (SSSR count). The molecule has 2 aromatic rings. The highest BCUT2D eigenvalue weighted by Gasteiger charge is 2.38. The highest BCUT2D eigenvalue weighted by molar-refractivity contribution is 5.80. The zero-order chi connectivity index (χ0) is 11.2. The van der Waals surface area contributed by atoms with Crippen LogP contribution in [0.15, 0.2) is 53.6 Å². The molecule has 2 nitrogen and oxygen atoms in total. The summed E-state index contributed by atoms with van der Waals surface area (Å²) in [6.45, 7) is 2.00. The molecule has 2 heteroatoms. The summed E-state index contributed by atoms with van der Waals surface area (Å²) >= 11 is 0. The fraction of sp³-hybridized carbons (Fsp3) is 0.143. The smallest absolute Gasteiger partial charge is 0.129 e. The van der Waals surface area contributed by atoms with Gasteiger partial charge in [0.2, 0.25) is 0 Å². The van der Waals surface area contributed by atoms with E-state index in [1.54, 1.807) is 0 Å². The molecule has 0 heterocycles. The van der Waals surface area contributed by atoms with Gasteiger partial charge in [0.05, 0.1) is 0 Å². The molecular formula is C14H12N2. The molecular weight excluding hydrogens is 196 g/mol. The number of hydrogen-bond donors (Lipinski definition) is 1. The Labute approximate surface area is 94.4 Å². The van der Waals surface area contributed by atoms with E-state index in [1.807, 2.05) is 31.2 Å². The quantitative estimate of drug-likeness (QED) is 0.689. The molecule has 0 atom stereocenters. The molecule has 1 aliphatic rings. The summed E-state index contributed by atoms with van der Waals surface area (Å²) in [5.41, 5.74) is 11.6. The van der Waals surface area contributed by atoms with Gasteiger partial charge in [0.25, 0.3) is 0 Å². The van der Waals surface area contributed by atoms with Crippen LogP contribution in [0.5, 0.6) is 0 Å². The molecule has 0 saturated heterocycles. The first-order chi connectivity index (χ1) is 7.77. The maximum Gasteiger partial charge on any atom is 0.129 e. The van der Waals surface area contributed by atoms with Crippen LogP contribution in [0.25, 0.3) is 11.1 Å². The van der Waals surface area contributed by atoms with E-state index in [9.17, 15) is 0 Å². The SMILES string of the molecule is CC1(N=N)c2ccccc2-c2ccccc21. The van der Waals surface area contributed by atoms with Crippen molar-refractivity contribution >= 4 is 0 Å². The molecule has 0 saturated carbocycles. The van der Waals surface area contributed by atoms with Crippen LogP contribution in [0.2, 0.25) is 0 Å². The standard InChI is InChI=1S/C14H12N2/c1-14(16-15)12-8-4-2-6-10(12)11-7-3-5-9-13(11)14/h2-9,15H,1H3. The van der Waals surface area contributed by atoms with Gasteiger partial charge in [-0.15, -0.1) is 0 Å². The number of nitrogens with one attached hydrogen (secondary N) is 1. The van der Waals surface area contributed by atoms with E-state index < -0.39 is 5.54 Å². The van der Waals surface area contributed by atoms with Gasteiger partial charge in [0, 0.05) is 0 Å². The van der Waals surface area contributed by atoms with Gasteiger partial charge in [0.1, 0.15) is 5.54 Å². The Kier molecular flexibility index (Phi) is 1.75. The Hall–Kier alpha value is -1.96. The van der Waals surface area contributed by atoms with Crippen LogP contribution in [0.3, 0.4) is 0 Å². The van der Waals surface area contributed by atoms with Gasteiger partial charge >= 0.3 is 0 Å². The Balaban J connectivity index is 2.43. The van der Waals surface area contributed by atoms with Gasteiger partial charge in [-0.1, -0.05) is 48.5 Å². The number of benzene rings is 2. The van der Waals surface area contributed by atoms with Crippen LogP contribution in [0, 0.1) is 5.53 Å². The summed E-state index contributed by atoms with van der Waals surface area (Å²) in [6, 6.07) is 16.4. The first-order valence-corrected chi connectivity index (χ1v) is 5.35. The van der Waals surface area contributed by atoms with Gasteiger partial charge in [-0.3, -0.25) is 0 Å². The Bertz CT molecular complexity index is 527. The second kappa shape index (κ2) is 3.01. The van der Waals surface area contributed by atoms with Crippen molar-refractivity contribution in [3.8, 4) is 11.1 Å². The van der Waals surface area contributed by atoms with Crippen molar-refractivity contribution in [1.82, 2.24) is 0 Å². The highest BCUT2D eigenvalue weighted by Crippen LogP contribution is 2.49. The molecule has 2 aromatic carbocycles. The molecule has 0 aromatic heterocycles. The molecule has 0 unspecified atom stereocenters. The minimum Gasteiger partial charge on any atom is -0.209 e. The van der Waals surface area contributed by atoms with E-state index in [1.165, 1.54) is 11.1 Å². The predicted octanol–water partition coefficient (Wildman–Crippen LogP) is 3.96. The second-order valence-corrected chi connectivity index (χ2v) is 4.28. The molecule has 1 aliphatic carbocycles. The van der Waals surface area contributed by atoms with Crippen molar-refractivity contribution in [1.29, 1.82) is 5.53 Å². The van der Waals surface area contributed by atoms with Crippen LogP contribution in [-0.4, -0.2) is 0 Å². The average Bonchev–Trinajstić information content (AvgIpc) is 2.62. The Morgan fingerprint density at radius 3 is 1.75 bits per heavy atom. The molecule has 0 fully saturated rings. The lowest BCUT2D eigenvalue weighted by atomic mass is 9.91. The summed E-state index contributed by atoms with van der Waals surface area (Å²) in [6.07, 6.45) is 0. The molecule has 0 aliphatic heterocycles. The van der Waals surface area contributed by atoms with Gasteiger partial charge in [-0.05, 0) is 29.2 Å². The van der Waals surface area contributed by atoms with E-state index in [-0.39, 0.29) is 0 Å². The minimum atomic E-state index is -0.507. The van der Waals surface area contributed by atoms with E-state index in [4.69, 9.17) is 5.53 Å². The number of hydrogen-bond acceptors (Lipinski definition) is 2. The summed E-state index contributed by atoms with van der Waals surface area (Å²) < 4.78 is 0. The maximum absolute atomic E-state index is 7.48. The lowest BCUT2D eigenvalue weighted by Gasteiger charge is -2.19. The van der Waals surface area contributed by atoms with Gasteiger partial charge in [-0.25, -0.2) is 5.53 Å². The molecule has 1 N–H and O–H groups in total. The highest BCUT2D eigenvalue weighted by atomic mass is 15.0. The van der Waals surface area contributed by atoms with E-state index in [0.717, 1.165) is 11.1 Å². The third-order valence-electron chi connectivity index (χ3n) is 3.42. The molecule has 0 radical (unpaired) electrons. The van der Waals surface area contributed by atoms with E-state index in [0.29, 0.717) is 0 Å². The van der Waals surface area contributed by atoms with Crippen LogP contribution in [-0.2, 0) is 5.54 Å². The third-order valence-corrected chi connectivity index (χ3v) is 3.42. The average molecular weight is 208 g/mol. The maximum atomic E-state index is 7.48. The Morgan fingerprint density at radius 1 is 0.875 bits per heavy atom. The molecule has 0 bridgehead atoms.